The average Bonchev–Trinajstić information content (AvgIpc) is 2.66. The summed E-state index contributed by atoms with van der Waals surface area (Å²) >= 11 is 0. The lowest BCUT2D eigenvalue weighted by Gasteiger charge is -2.00. The first-order valence-electron chi connectivity index (χ1n) is 4.64. The maximum absolute atomic E-state index is 5.75. The van der Waals surface area contributed by atoms with E-state index in [1.165, 1.54) is 6.21 Å². The van der Waals surface area contributed by atoms with E-state index in [1.54, 1.807) is 4.68 Å². The maximum Gasteiger partial charge on any atom is 0.169 e. The minimum absolute atomic E-state index is 0.685. The molecule has 0 saturated carbocycles. The zero-order chi connectivity index (χ0) is 10.8. The molecular weight excluding hydrogens is 188 g/mol. The highest BCUT2D eigenvalue weighted by atomic mass is 15.2. The van der Waals surface area contributed by atoms with Gasteiger partial charge in [-0.05, 0) is 17.7 Å². The lowest BCUT2D eigenvalue weighted by atomic mass is 10.1. The van der Waals surface area contributed by atoms with Gasteiger partial charge in [0.15, 0.2) is 6.21 Å². The van der Waals surface area contributed by atoms with Crippen LogP contribution in [0.4, 0.5) is 5.69 Å². The summed E-state index contributed by atoms with van der Waals surface area (Å²) in [5, 5.41) is 9.59. The molecule has 2 rings (SSSR count). The minimum Gasteiger partial charge on any atom is -0.398 e. The number of nitrogens with two attached hydrogens (primary N) is 2. The number of aryl methyl sites for hydroxylation is 1. The van der Waals surface area contributed by atoms with Crippen LogP contribution >= 0.6 is 0 Å². The summed E-state index contributed by atoms with van der Waals surface area (Å²) in [4.78, 5) is 0. The summed E-state index contributed by atoms with van der Waals surface area (Å²) in [5.74, 6) is 0. The summed E-state index contributed by atoms with van der Waals surface area (Å²) < 4.78 is 1.76. The monoisotopic (exact) mass is 201 g/mol. The van der Waals surface area contributed by atoms with Crippen molar-refractivity contribution in [3.8, 4) is 11.1 Å². The quantitative estimate of drug-likeness (QED) is 0.524. The molecule has 0 unspecified atom stereocenters. The predicted molar refractivity (Wildman–Crippen MR) is 60.1 cm³/mol. The van der Waals surface area contributed by atoms with Gasteiger partial charge < -0.3 is 5.73 Å². The first-order valence-corrected chi connectivity index (χ1v) is 4.64. The molecule has 4 heteroatoms. The van der Waals surface area contributed by atoms with Crippen LogP contribution in [0.2, 0.25) is 0 Å². The number of aromatic nitrogens is 2. The van der Waals surface area contributed by atoms with E-state index in [2.05, 4.69) is 5.10 Å². The molecule has 1 aromatic heterocycles. The molecule has 1 heterocycles. The first-order chi connectivity index (χ1) is 7.20. The van der Waals surface area contributed by atoms with Crippen LogP contribution in [0.15, 0.2) is 30.6 Å². The number of nitrogen functional groups attached to an aromatic ring is 1. The normalized spacial score (nSPS) is 10.2. The van der Waals surface area contributed by atoms with Gasteiger partial charge in [-0.2, -0.15) is 5.10 Å². The van der Waals surface area contributed by atoms with Gasteiger partial charge in [-0.1, -0.05) is 6.07 Å². The number of nitrogens with zero attached hydrogens (tertiary/aromatic N) is 2. The maximum atomic E-state index is 5.75. The Morgan fingerprint density at radius 3 is 2.80 bits per heavy atom. The average molecular weight is 201 g/mol. The van der Waals surface area contributed by atoms with Crippen molar-refractivity contribution < 1.29 is 5.41 Å². The fraction of sp³-hybridized carbons (Fsp3) is 0.0909. The van der Waals surface area contributed by atoms with E-state index in [0.717, 1.165) is 16.7 Å². The Morgan fingerprint density at radius 1 is 1.40 bits per heavy atom. The lowest BCUT2D eigenvalue weighted by molar-refractivity contribution is -0.104. The molecule has 1 aromatic carbocycles. The van der Waals surface area contributed by atoms with E-state index in [1.807, 2.05) is 37.6 Å². The van der Waals surface area contributed by atoms with Crippen LogP contribution in [0.25, 0.3) is 11.1 Å². The fourth-order valence-corrected chi connectivity index (χ4v) is 1.47. The Kier molecular flexibility index (Phi) is 2.25. The summed E-state index contributed by atoms with van der Waals surface area (Å²) in [6.07, 6.45) is 5.27. The number of hydrogen-bond donors (Lipinski definition) is 2. The van der Waals surface area contributed by atoms with Crippen LogP contribution in [-0.2, 0) is 7.05 Å². The van der Waals surface area contributed by atoms with Crippen LogP contribution in [0.3, 0.4) is 0 Å². The van der Waals surface area contributed by atoms with Crippen molar-refractivity contribution in [2.75, 3.05) is 5.73 Å². The number of anilines is 1. The van der Waals surface area contributed by atoms with Gasteiger partial charge in [-0.25, -0.2) is 0 Å². The van der Waals surface area contributed by atoms with Crippen LogP contribution in [0, 0.1) is 0 Å². The van der Waals surface area contributed by atoms with E-state index < -0.39 is 0 Å². The van der Waals surface area contributed by atoms with Crippen LogP contribution in [0.5, 0.6) is 0 Å². The summed E-state index contributed by atoms with van der Waals surface area (Å²) in [5.41, 5.74) is 9.40. The van der Waals surface area contributed by atoms with Gasteiger partial charge in [0.2, 0.25) is 0 Å². The third kappa shape index (κ3) is 1.74. The first kappa shape index (κ1) is 9.45. The molecule has 0 spiro atoms. The molecule has 0 aliphatic rings. The van der Waals surface area contributed by atoms with Crippen molar-refractivity contribution in [2.24, 2.45) is 7.05 Å². The summed E-state index contributed by atoms with van der Waals surface area (Å²) in [6, 6.07) is 5.76. The molecular formula is C11H13N4+. The van der Waals surface area contributed by atoms with Crippen LogP contribution < -0.4 is 11.1 Å². The van der Waals surface area contributed by atoms with Gasteiger partial charge in [0.05, 0.1) is 11.8 Å². The zero-order valence-corrected chi connectivity index (χ0v) is 8.51. The highest BCUT2D eigenvalue weighted by molar-refractivity contribution is 5.86. The number of rotatable bonds is 2. The smallest absolute Gasteiger partial charge is 0.169 e. The molecule has 0 radical (unpaired) electrons. The van der Waals surface area contributed by atoms with E-state index in [9.17, 15) is 0 Å². The third-order valence-electron chi connectivity index (χ3n) is 2.30. The molecule has 0 saturated heterocycles. The van der Waals surface area contributed by atoms with Gasteiger partial charge in [-0.15, -0.1) is 0 Å². The Balaban J connectivity index is 2.50. The Hall–Kier alpha value is -2.10. The molecule has 2 aromatic rings. The highest BCUT2D eigenvalue weighted by Gasteiger charge is 2.04. The minimum atomic E-state index is 0.685. The second-order valence-corrected chi connectivity index (χ2v) is 3.41. The van der Waals surface area contributed by atoms with Gasteiger partial charge in [-0.3, -0.25) is 10.1 Å². The summed E-state index contributed by atoms with van der Waals surface area (Å²) in [7, 11) is 1.89. The standard InChI is InChI=1S/C11H12N4/c1-15-7-10(6-14-15)8-2-3-11(13)9(4-8)5-12/h2-7,12H,13H2,1H3/p+1. The van der Waals surface area contributed by atoms with Crippen molar-refractivity contribution >= 4 is 11.9 Å². The van der Waals surface area contributed by atoms with Crippen molar-refractivity contribution in [3.63, 3.8) is 0 Å². The number of benzene rings is 1. The van der Waals surface area contributed by atoms with Crippen molar-refractivity contribution in [1.82, 2.24) is 9.78 Å². The van der Waals surface area contributed by atoms with Crippen molar-refractivity contribution in [2.45, 2.75) is 0 Å². The second kappa shape index (κ2) is 3.57. The van der Waals surface area contributed by atoms with E-state index in [-0.39, 0.29) is 0 Å². The Bertz CT molecular complexity index is 499. The largest absolute Gasteiger partial charge is 0.398 e. The molecule has 0 aliphatic carbocycles. The second-order valence-electron chi connectivity index (χ2n) is 3.41. The molecule has 4 N–H and O–H groups in total. The van der Waals surface area contributed by atoms with Crippen LogP contribution in [-0.4, -0.2) is 16.0 Å². The highest BCUT2D eigenvalue weighted by Crippen LogP contribution is 2.21. The molecule has 0 fully saturated rings. The van der Waals surface area contributed by atoms with Gasteiger partial charge in [0.25, 0.3) is 0 Å². The topological polar surface area (TPSA) is 69.4 Å². The predicted octanol–water partition coefficient (Wildman–Crippen LogP) is -0.153. The Labute approximate surface area is 87.9 Å². The third-order valence-corrected chi connectivity index (χ3v) is 2.30. The summed E-state index contributed by atoms with van der Waals surface area (Å²) in [6.45, 7) is 0. The van der Waals surface area contributed by atoms with E-state index >= 15 is 0 Å². The number of hydrogen-bond acceptors (Lipinski definition) is 2. The van der Waals surface area contributed by atoms with Gasteiger partial charge >= 0.3 is 0 Å². The van der Waals surface area contributed by atoms with Gasteiger partial charge in [0, 0.05) is 24.5 Å². The molecule has 0 amide bonds. The SMILES string of the molecule is Cn1cc(-c2ccc(N)c(C=[NH2+])c2)cn1. The molecule has 0 aliphatic heterocycles. The Morgan fingerprint density at radius 2 is 2.20 bits per heavy atom. The molecule has 15 heavy (non-hydrogen) atoms. The van der Waals surface area contributed by atoms with E-state index in [4.69, 9.17) is 11.1 Å². The van der Waals surface area contributed by atoms with E-state index in [0.29, 0.717) is 5.69 Å². The molecule has 76 valence electrons. The molecule has 0 bridgehead atoms. The molecule has 4 nitrogen and oxygen atoms in total. The lowest BCUT2D eigenvalue weighted by Crippen LogP contribution is -2.30. The zero-order valence-electron chi connectivity index (χ0n) is 8.51. The fourth-order valence-electron chi connectivity index (χ4n) is 1.47. The van der Waals surface area contributed by atoms with Crippen LogP contribution in [0.1, 0.15) is 5.56 Å². The van der Waals surface area contributed by atoms with Crippen molar-refractivity contribution in [3.05, 3.63) is 36.2 Å². The van der Waals surface area contributed by atoms with Gasteiger partial charge in [0.1, 0.15) is 0 Å². The molecule has 0 atom stereocenters. The van der Waals surface area contributed by atoms with Crippen molar-refractivity contribution in [1.29, 1.82) is 0 Å².